The lowest BCUT2D eigenvalue weighted by atomic mass is 9.84. The summed E-state index contributed by atoms with van der Waals surface area (Å²) < 4.78 is 42.7. The highest BCUT2D eigenvalue weighted by Crippen LogP contribution is 2.66. The van der Waals surface area contributed by atoms with E-state index >= 15 is 4.39 Å². The lowest BCUT2D eigenvalue weighted by Gasteiger charge is -2.35. The van der Waals surface area contributed by atoms with Gasteiger partial charge in [-0.3, -0.25) is 14.8 Å². The molecule has 0 unspecified atom stereocenters. The number of nitrogens with two attached hydrogens (primary N) is 1. The largest absolute Gasteiger partial charge is 0.378 e. The van der Waals surface area contributed by atoms with E-state index in [-0.39, 0.29) is 40.6 Å². The minimum absolute atomic E-state index is 0.0441. The van der Waals surface area contributed by atoms with Crippen molar-refractivity contribution >= 4 is 40.6 Å². The zero-order valence-electron chi connectivity index (χ0n) is 18.7. The van der Waals surface area contributed by atoms with Crippen molar-refractivity contribution in [1.29, 1.82) is 0 Å². The first-order valence-corrected chi connectivity index (χ1v) is 11.8. The fourth-order valence-corrected chi connectivity index (χ4v) is 6.41. The van der Waals surface area contributed by atoms with E-state index in [4.69, 9.17) is 12.3 Å². The molecule has 1 saturated carbocycles. The maximum absolute atomic E-state index is 15.1. The number of benzene rings is 1. The molecule has 1 aliphatic carbocycles. The van der Waals surface area contributed by atoms with Crippen molar-refractivity contribution in [2.75, 3.05) is 13.1 Å². The zero-order chi connectivity index (χ0) is 25.0. The Kier molecular flexibility index (Phi) is 5.59. The van der Waals surface area contributed by atoms with Crippen LogP contribution in [-0.2, 0) is 10.3 Å². The molecule has 1 aromatic carbocycles. The van der Waals surface area contributed by atoms with Gasteiger partial charge in [-0.05, 0) is 43.5 Å². The highest BCUT2D eigenvalue weighted by atomic mass is 32.2. The number of nitrogens with zero attached hydrogens (tertiary/aromatic N) is 5. The van der Waals surface area contributed by atoms with Crippen LogP contribution in [0, 0.1) is 18.3 Å². The maximum Gasteiger partial charge on any atom is 0.287 e. The number of likely N-dealkylation sites (tertiary alicyclic amines) is 1. The second kappa shape index (κ2) is 8.37. The Balaban J connectivity index is 1.47. The predicted octanol–water partition coefficient (Wildman–Crippen LogP) is 4.24. The van der Waals surface area contributed by atoms with Crippen LogP contribution in [0.5, 0.6) is 0 Å². The van der Waals surface area contributed by atoms with Gasteiger partial charge in [-0.1, -0.05) is 24.4 Å². The number of fused-ring (bicyclic) bond motifs is 1. The summed E-state index contributed by atoms with van der Waals surface area (Å²) in [5.41, 5.74) is 5.46. The van der Waals surface area contributed by atoms with Crippen LogP contribution in [0.3, 0.4) is 0 Å². The third kappa shape index (κ3) is 3.95. The van der Waals surface area contributed by atoms with E-state index in [2.05, 4.69) is 19.8 Å². The van der Waals surface area contributed by atoms with Crippen molar-refractivity contribution in [3.05, 3.63) is 64.6 Å². The summed E-state index contributed by atoms with van der Waals surface area (Å²) in [6.45, 7) is 9.02. The van der Waals surface area contributed by atoms with E-state index in [0.717, 1.165) is 18.0 Å². The normalized spacial score (nSPS) is 29.9. The molecule has 0 bridgehead atoms. The molecule has 35 heavy (non-hydrogen) atoms. The number of hydrogen-bond acceptors (Lipinski definition) is 6. The molecule has 5 rings (SSSR count). The van der Waals surface area contributed by atoms with Crippen LogP contribution in [0.4, 0.5) is 19.0 Å². The van der Waals surface area contributed by atoms with Crippen molar-refractivity contribution in [2.45, 2.75) is 36.2 Å². The van der Waals surface area contributed by atoms with Gasteiger partial charge in [0.1, 0.15) is 28.6 Å². The van der Waals surface area contributed by atoms with Gasteiger partial charge in [-0.15, -0.1) is 4.98 Å². The van der Waals surface area contributed by atoms with Crippen molar-refractivity contribution in [3.63, 3.8) is 0 Å². The summed E-state index contributed by atoms with van der Waals surface area (Å²) in [5, 5.41) is 0.160. The van der Waals surface area contributed by atoms with Crippen LogP contribution >= 0.6 is 11.8 Å². The van der Waals surface area contributed by atoms with Gasteiger partial charge < -0.3 is 15.5 Å². The maximum atomic E-state index is 15.1. The SMILES string of the molecule is [C-]#[N+]c1cnc(/C(F)=C/c2ccc(F)c([C@@]3(C)N=C(N)S[C@@]4(C(=O)N5CC[C@H](F)C5)C[C@H]43)c2)cn1. The number of amidine groups is 1. The summed E-state index contributed by atoms with van der Waals surface area (Å²) in [6.07, 6.45) is 3.20. The summed E-state index contributed by atoms with van der Waals surface area (Å²) in [5.74, 6) is -1.75. The molecule has 2 fully saturated rings. The fourth-order valence-electron chi connectivity index (χ4n) is 4.97. The molecular formula is C24H21F3N6OS. The Labute approximate surface area is 204 Å². The van der Waals surface area contributed by atoms with Crippen LogP contribution in [0.15, 0.2) is 35.6 Å². The monoisotopic (exact) mass is 498 g/mol. The van der Waals surface area contributed by atoms with Gasteiger partial charge in [0.2, 0.25) is 5.91 Å². The van der Waals surface area contributed by atoms with E-state index in [1.165, 1.54) is 35.4 Å². The second-order valence-corrected chi connectivity index (χ2v) is 10.4. The Hall–Kier alpha value is -3.39. The predicted molar refractivity (Wildman–Crippen MR) is 127 cm³/mol. The quantitative estimate of drug-likeness (QED) is 0.637. The number of carbonyl (C=O) groups excluding carboxylic acids is 1. The number of alkyl halides is 1. The molecule has 2 aromatic rings. The summed E-state index contributed by atoms with van der Waals surface area (Å²) in [6, 6.07) is 4.13. The van der Waals surface area contributed by atoms with E-state index in [9.17, 15) is 13.6 Å². The second-order valence-electron chi connectivity index (χ2n) is 9.09. The van der Waals surface area contributed by atoms with Gasteiger partial charge >= 0.3 is 0 Å². The van der Waals surface area contributed by atoms with Crippen LogP contribution in [-0.4, -0.2) is 50.0 Å². The molecule has 4 atom stereocenters. The van der Waals surface area contributed by atoms with Gasteiger partial charge in [0.15, 0.2) is 11.0 Å². The minimum atomic E-state index is -1.15. The summed E-state index contributed by atoms with van der Waals surface area (Å²) in [4.78, 5) is 30.2. The molecule has 0 radical (unpaired) electrons. The average molecular weight is 499 g/mol. The third-order valence-electron chi connectivity index (χ3n) is 6.82. The molecule has 1 saturated heterocycles. The summed E-state index contributed by atoms with van der Waals surface area (Å²) >= 11 is 1.16. The number of aromatic nitrogens is 2. The molecule has 1 amide bonds. The number of carbonyl (C=O) groups is 1. The Morgan fingerprint density at radius 2 is 2.17 bits per heavy atom. The number of thioether (sulfide) groups is 1. The molecule has 180 valence electrons. The lowest BCUT2D eigenvalue weighted by Crippen LogP contribution is -2.45. The highest BCUT2D eigenvalue weighted by Gasteiger charge is 2.71. The van der Waals surface area contributed by atoms with E-state index in [1.807, 2.05) is 0 Å². The Morgan fingerprint density at radius 1 is 1.37 bits per heavy atom. The summed E-state index contributed by atoms with van der Waals surface area (Å²) in [7, 11) is 0. The van der Waals surface area contributed by atoms with Crippen LogP contribution in [0.1, 0.15) is 36.6 Å². The number of amides is 1. The Morgan fingerprint density at radius 3 is 2.83 bits per heavy atom. The zero-order valence-corrected chi connectivity index (χ0v) is 19.5. The van der Waals surface area contributed by atoms with E-state index < -0.39 is 28.1 Å². The van der Waals surface area contributed by atoms with Crippen LogP contribution in [0.25, 0.3) is 16.7 Å². The first-order chi connectivity index (χ1) is 16.7. The first-order valence-electron chi connectivity index (χ1n) is 11.0. The lowest BCUT2D eigenvalue weighted by molar-refractivity contribution is -0.131. The Bertz CT molecular complexity index is 1310. The number of rotatable bonds is 4. The molecule has 0 spiro atoms. The molecule has 2 aliphatic heterocycles. The molecule has 3 aliphatic rings. The molecule has 3 heterocycles. The smallest absolute Gasteiger partial charge is 0.287 e. The molecule has 7 nitrogen and oxygen atoms in total. The standard InChI is InChI=1S/C24H21F3N6OS/c1-23(19-9-24(19,35-22(28)32-23)21(34)33-6-5-14(25)12-33)15-7-13(3-4-16(15)26)8-17(27)18-10-31-20(29-2)11-30-18/h3-4,7-8,10-11,14,19H,5-6,9,12H2,1H3,(H2,28,32)/b17-8-/t14-,19-,23+,24-/m0/s1. The van der Waals surface area contributed by atoms with Gasteiger partial charge in [-0.25, -0.2) is 13.2 Å². The molecule has 1 aromatic heterocycles. The van der Waals surface area contributed by atoms with E-state index in [0.29, 0.717) is 24.9 Å². The van der Waals surface area contributed by atoms with Gasteiger partial charge in [0, 0.05) is 18.0 Å². The van der Waals surface area contributed by atoms with Crippen molar-refractivity contribution < 1.29 is 18.0 Å². The number of aliphatic imine (C=N–C) groups is 1. The van der Waals surface area contributed by atoms with Crippen LogP contribution in [0.2, 0.25) is 0 Å². The number of hydrogen-bond donors (Lipinski definition) is 1. The fraction of sp³-hybridized carbons (Fsp3) is 0.375. The minimum Gasteiger partial charge on any atom is -0.378 e. The third-order valence-corrected chi connectivity index (χ3v) is 8.11. The topological polar surface area (TPSA) is 88.8 Å². The number of halogens is 3. The average Bonchev–Trinajstić information content (AvgIpc) is 3.44. The molecule has 11 heteroatoms. The molecule has 2 N–H and O–H groups in total. The van der Waals surface area contributed by atoms with Gasteiger partial charge in [0.05, 0.1) is 18.3 Å². The van der Waals surface area contributed by atoms with Crippen molar-refractivity contribution in [3.8, 4) is 0 Å². The van der Waals surface area contributed by atoms with Crippen molar-refractivity contribution in [1.82, 2.24) is 14.9 Å². The van der Waals surface area contributed by atoms with Crippen molar-refractivity contribution in [2.24, 2.45) is 16.6 Å². The van der Waals surface area contributed by atoms with E-state index in [1.54, 1.807) is 6.92 Å². The van der Waals surface area contributed by atoms with Crippen LogP contribution < -0.4 is 5.73 Å². The molecular weight excluding hydrogens is 477 g/mol. The van der Waals surface area contributed by atoms with Gasteiger partial charge in [0.25, 0.3) is 5.82 Å². The van der Waals surface area contributed by atoms with Gasteiger partial charge in [-0.2, -0.15) is 0 Å². The first kappa shape index (κ1) is 23.4. The highest BCUT2D eigenvalue weighted by molar-refractivity contribution is 8.15.